The summed E-state index contributed by atoms with van der Waals surface area (Å²) in [5, 5.41) is 5.10. The van der Waals surface area contributed by atoms with Gasteiger partial charge in [-0.25, -0.2) is 14.0 Å². The van der Waals surface area contributed by atoms with Crippen LogP contribution in [0.25, 0.3) is 11.0 Å². The minimum atomic E-state index is -1.22. The molecule has 2 N–H and O–H groups in total. The number of fused-ring (bicyclic) bond motifs is 1. The van der Waals surface area contributed by atoms with E-state index >= 15 is 0 Å². The van der Waals surface area contributed by atoms with Crippen LogP contribution in [0.4, 0.5) is 9.18 Å². The molecule has 0 aliphatic carbocycles. The standard InChI is InChI=1S/C18H21FN2O5/c1-9-12-8-11(19)6-7-13(12)26-14(9)16(23)25-10(2)15(22)20-17(24)21-18(3,4)5/h6-8,10H,1-5H3,(H2,20,21,22,24)/t10-/m0/s1. The molecule has 1 aromatic heterocycles. The Kier molecular flexibility index (Phi) is 5.34. The maximum Gasteiger partial charge on any atom is 0.375 e. The van der Waals surface area contributed by atoms with Gasteiger partial charge in [0.25, 0.3) is 5.91 Å². The number of carbonyl (C=O) groups is 3. The van der Waals surface area contributed by atoms with Gasteiger partial charge in [-0.1, -0.05) is 0 Å². The van der Waals surface area contributed by atoms with Crippen LogP contribution in [0.5, 0.6) is 0 Å². The Hall–Kier alpha value is -2.90. The molecule has 1 atom stereocenters. The molecule has 8 heteroatoms. The van der Waals surface area contributed by atoms with Gasteiger partial charge in [0, 0.05) is 16.5 Å². The topological polar surface area (TPSA) is 97.6 Å². The molecular formula is C18H21FN2O5. The van der Waals surface area contributed by atoms with Crippen molar-refractivity contribution in [2.45, 2.75) is 46.3 Å². The molecule has 3 amide bonds. The number of aryl methyl sites for hydroxylation is 1. The summed E-state index contributed by atoms with van der Waals surface area (Å²) in [6, 6.07) is 3.17. The van der Waals surface area contributed by atoms with Crippen molar-refractivity contribution in [1.29, 1.82) is 0 Å². The quantitative estimate of drug-likeness (QED) is 0.816. The predicted octanol–water partition coefficient (Wildman–Crippen LogP) is 3.05. The summed E-state index contributed by atoms with van der Waals surface area (Å²) in [4.78, 5) is 35.9. The summed E-state index contributed by atoms with van der Waals surface area (Å²) in [5.41, 5.74) is 0.213. The molecule has 7 nitrogen and oxygen atoms in total. The SMILES string of the molecule is Cc1c(C(=O)O[C@@H](C)C(=O)NC(=O)NC(C)(C)C)oc2ccc(F)cc12. The molecule has 0 bridgehead atoms. The molecule has 0 unspecified atom stereocenters. The van der Waals surface area contributed by atoms with Crippen molar-refractivity contribution in [2.24, 2.45) is 0 Å². The fourth-order valence-corrected chi connectivity index (χ4v) is 2.24. The Labute approximate surface area is 149 Å². The first-order valence-electron chi connectivity index (χ1n) is 8.00. The van der Waals surface area contributed by atoms with E-state index in [2.05, 4.69) is 10.6 Å². The van der Waals surface area contributed by atoms with Crippen LogP contribution >= 0.6 is 0 Å². The fourth-order valence-electron chi connectivity index (χ4n) is 2.24. The number of urea groups is 1. The molecule has 0 radical (unpaired) electrons. The number of hydrogen-bond acceptors (Lipinski definition) is 5. The van der Waals surface area contributed by atoms with Crippen molar-refractivity contribution < 1.29 is 27.9 Å². The number of carbonyl (C=O) groups excluding carboxylic acids is 3. The number of halogens is 1. The van der Waals surface area contributed by atoms with E-state index in [1.807, 2.05) is 0 Å². The second-order valence-corrected chi connectivity index (χ2v) is 6.94. The maximum atomic E-state index is 13.3. The number of nitrogens with one attached hydrogen (secondary N) is 2. The predicted molar refractivity (Wildman–Crippen MR) is 92.2 cm³/mol. The minimum Gasteiger partial charge on any atom is -0.449 e. The first-order valence-corrected chi connectivity index (χ1v) is 8.00. The molecule has 0 aliphatic rings. The Morgan fingerprint density at radius 2 is 1.88 bits per heavy atom. The minimum absolute atomic E-state index is 0.121. The number of benzene rings is 1. The van der Waals surface area contributed by atoms with Crippen molar-refractivity contribution in [3.63, 3.8) is 0 Å². The molecule has 0 spiro atoms. The van der Waals surface area contributed by atoms with E-state index in [0.717, 1.165) is 0 Å². The lowest BCUT2D eigenvalue weighted by atomic mass is 10.1. The van der Waals surface area contributed by atoms with Crippen LogP contribution in [0, 0.1) is 12.7 Å². The van der Waals surface area contributed by atoms with E-state index in [4.69, 9.17) is 9.15 Å². The zero-order chi connectivity index (χ0) is 19.6. The van der Waals surface area contributed by atoms with Crippen LogP contribution in [-0.4, -0.2) is 29.6 Å². The third-order valence-electron chi connectivity index (χ3n) is 3.46. The van der Waals surface area contributed by atoms with Crippen molar-refractivity contribution in [3.05, 3.63) is 35.3 Å². The molecule has 0 saturated carbocycles. The summed E-state index contributed by atoms with van der Waals surface area (Å²) in [7, 11) is 0. The lowest BCUT2D eigenvalue weighted by molar-refractivity contribution is -0.128. The average Bonchev–Trinajstić information content (AvgIpc) is 2.82. The summed E-state index contributed by atoms with van der Waals surface area (Å²) < 4.78 is 23.8. The normalized spacial score (nSPS) is 12.5. The molecule has 0 saturated heterocycles. The van der Waals surface area contributed by atoms with Crippen LogP contribution in [-0.2, 0) is 9.53 Å². The Morgan fingerprint density at radius 3 is 2.50 bits per heavy atom. The zero-order valence-corrected chi connectivity index (χ0v) is 15.2. The molecule has 0 fully saturated rings. The van der Waals surface area contributed by atoms with Gasteiger partial charge in [-0.2, -0.15) is 0 Å². The van der Waals surface area contributed by atoms with Crippen molar-refractivity contribution in [3.8, 4) is 0 Å². The number of esters is 1. The molecule has 2 aromatic rings. The van der Waals surface area contributed by atoms with Crippen LogP contribution in [0.2, 0.25) is 0 Å². The van der Waals surface area contributed by atoms with Gasteiger partial charge in [-0.15, -0.1) is 0 Å². The van der Waals surface area contributed by atoms with E-state index in [9.17, 15) is 18.8 Å². The number of rotatable bonds is 3. The first kappa shape index (κ1) is 19.4. The third kappa shape index (κ3) is 4.59. The average molecular weight is 364 g/mol. The molecule has 140 valence electrons. The maximum absolute atomic E-state index is 13.3. The number of amides is 3. The third-order valence-corrected chi connectivity index (χ3v) is 3.46. The highest BCUT2D eigenvalue weighted by atomic mass is 19.1. The first-order chi connectivity index (χ1) is 12.0. The van der Waals surface area contributed by atoms with Crippen molar-refractivity contribution >= 4 is 28.9 Å². The van der Waals surface area contributed by atoms with Crippen LogP contribution in [0.15, 0.2) is 22.6 Å². The second-order valence-electron chi connectivity index (χ2n) is 6.94. The van der Waals surface area contributed by atoms with Gasteiger partial charge in [0.15, 0.2) is 6.10 Å². The smallest absolute Gasteiger partial charge is 0.375 e. The van der Waals surface area contributed by atoms with Crippen LogP contribution in [0.1, 0.15) is 43.8 Å². The van der Waals surface area contributed by atoms with E-state index in [0.29, 0.717) is 16.5 Å². The van der Waals surface area contributed by atoms with Crippen molar-refractivity contribution in [2.75, 3.05) is 0 Å². The number of hydrogen-bond donors (Lipinski definition) is 2. The van der Waals surface area contributed by atoms with E-state index in [-0.39, 0.29) is 5.76 Å². The molecule has 1 heterocycles. The summed E-state index contributed by atoms with van der Waals surface area (Å²) in [6.07, 6.45) is -1.22. The van der Waals surface area contributed by atoms with Crippen LogP contribution in [0.3, 0.4) is 0 Å². The summed E-state index contributed by atoms with van der Waals surface area (Å²) in [6.45, 7) is 8.19. The Balaban J connectivity index is 2.06. The number of ether oxygens (including phenoxy) is 1. The summed E-state index contributed by atoms with van der Waals surface area (Å²) >= 11 is 0. The molecular weight excluding hydrogens is 343 g/mol. The van der Waals surface area contributed by atoms with Gasteiger partial charge < -0.3 is 14.5 Å². The Bertz CT molecular complexity index is 866. The number of imide groups is 1. The van der Waals surface area contributed by atoms with Crippen LogP contribution < -0.4 is 10.6 Å². The van der Waals surface area contributed by atoms with E-state index < -0.39 is 35.4 Å². The Morgan fingerprint density at radius 1 is 1.23 bits per heavy atom. The lowest BCUT2D eigenvalue weighted by Crippen LogP contribution is -2.50. The molecule has 1 aromatic carbocycles. The van der Waals surface area contributed by atoms with Crippen molar-refractivity contribution in [1.82, 2.24) is 10.6 Å². The second kappa shape index (κ2) is 7.15. The summed E-state index contributed by atoms with van der Waals surface area (Å²) in [5.74, 6) is -2.23. The van der Waals surface area contributed by atoms with Gasteiger partial charge in [0.05, 0.1) is 0 Å². The molecule has 26 heavy (non-hydrogen) atoms. The number of furan rings is 1. The highest BCUT2D eigenvalue weighted by molar-refractivity contribution is 6.00. The lowest BCUT2D eigenvalue weighted by Gasteiger charge is -2.21. The van der Waals surface area contributed by atoms with Gasteiger partial charge in [0.1, 0.15) is 11.4 Å². The zero-order valence-electron chi connectivity index (χ0n) is 15.2. The van der Waals surface area contributed by atoms with Gasteiger partial charge in [-0.3, -0.25) is 10.1 Å². The largest absolute Gasteiger partial charge is 0.449 e. The van der Waals surface area contributed by atoms with E-state index in [1.165, 1.54) is 25.1 Å². The monoisotopic (exact) mass is 364 g/mol. The molecule has 2 rings (SSSR count). The van der Waals surface area contributed by atoms with Gasteiger partial charge >= 0.3 is 12.0 Å². The fraction of sp³-hybridized carbons (Fsp3) is 0.389. The van der Waals surface area contributed by atoms with E-state index in [1.54, 1.807) is 27.7 Å². The highest BCUT2D eigenvalue weighted by Crippen LogP contribution is 2.26. The highest BCUT2D eigenvalue weighted by Gasteiger charge is 2.26. The van der Waals surface area contributed by atoms with Gasteiger partial charge in [0.2, 0.25) is 5.76 Å². The van der Waals surface area contributed by atoms with Gasteiger partial charge in [-0.05, 0) is 52.8 Å². The molecule has 0 aliphatic heterocycles.